The van der Waals surface area contributed by atoms with Crippen molar-refractivity contribution in [3.63, 3.8) is 0 Å². The molecule has 0 spiro atoms. The van der Waals surface area contributed by atoms with Crippen LogP contribution in [-0.4, -0.2) is 23.1 Å². The van der Waals surface area contributed by atoms with Crippen molar-refractivity contribution in [2.45, 2.75) is 38.8 Å². The number of aliphatic hydroxyl groups is 1. The Bertz CT molecular complexity index is 519. The van der Waals surface area contributed by atoms with Gasteiger partial charge in [-0.15, -0.1) is 0 Å². The fraction of sp³-hybridized carbons (Fsp3) is 0.500. The highest BCUT2D eigenvalue weighted by Crippen LogP contribution is 2.19. The molecule has 1 amide bonds. The van der Waals surface area contributed by atoms with Gasteiger partial charge in [0.05, 0.1) is 23.3 Å². The van der Waals surface area contributed by atoms with E-state index in [-0.39, 0.29) is 6.54 Å². The van der Waals surface area contributed by atoms with Gasteiger partial charge in [0.25, 0.3) is 0 Å². The molecule has 0 aromatic heterocycles. The zero-order valence-electron chi connectivity index (χ0n) is 12.8. The summed E-state index contributed by atoms with van der Waals surface area (Å²) >= 11 is 0. The number of nitrogens with zero attached hydrogens (tertiary/aromatic N) is 1. The summed E-state index contributed by atoms with van der Waals surface area (Å²) in [5, 5.41) is 22.0. The van der Waals surface area contributed by atoms with Gasteiger partial charge in [-0.2, -0.15) is 5.26 Å². The number of β-amino-alcohol motifs (C(OH)–C–C–N with tert-alkyl or cyclic N) is 1. The van der Waals surface area contributed by atoms with Crippen molar-refractivity contribution >= 4 is 5.91 Å². The highest BCUT2D eigenvalue weighted by Gasteiger charge is 2.31. The monoisotopic (exact) mass is 289 g/mol. The van der Waals surface area contributed by atoms with Crippen LogP contribution in [0.3, 0.4) is 0 Å². The third-order valence-corrected chi connectivity index (χ3v) is 3.47. The van der Waals surface area contributed by atoms with Gasteiger partial charge in [-0.1, -0.05) is 26.0 Å². The molecule has 0 aliphatic rings. The van der Waals surface area contributed by atoms with Gasteiger partial charge in [-0.3, -0.25) is 4.79 Å². The Kier molecular flexibility index (Phi) is 5.89. The standard InChI is InChI=1S/C16H23N3O2/c1-11(2)8-16(3,15(18)21)19-10-14(20)13-6-4-12(9-17)5-7-13/h4-7,11,14,19-20H,8,10H2,1-3H3,(H2,18,21). The van der Waals surface area contributed by atoms with Crippen molar-refractivity contribution in [2.75, 3.05) is 6.54 Å². The number of amides is 1. The smallest absolute Gasteiger partial charge is 0.237 e. The maximum absolute atomic E-state index is 11.6. The van der Waals surface area contributed by atoms with Crippen LogP contribution in [0.4, 0.5) is 0 Å². The first-order valence-corrected chi connectivity index (χ1v) is 7.01. The molecule has 4 N–H and O–H groups in total. The van der Waals surface area contributed by atoms with Gasteiger partial charge >= 0.3 is 0 Å². The van der Waals surface area contributed by atoms with E-state index in [1.165, 1.54) is 0 Å². The number of carbonyl (C=O) groups excluding carboxylic acids is 1. The molecule has 21 heavy (non-hydrogen) atoms. The number of nitrogens with two attached hydrogens (primary N) is 1. The Morgan fingerprint density at radius 3 is 2.43 bits per heavy atom. The summed E-state index contributed by atoms with van der Waals surface area (Å²) < 4.78 is 0. The second-order valence-electron chi connectivity index (χ2n) is 5.92. The van der Waals surface area contributed by atoms with E-state index in [1.807, 2.05) is 19.9 Å². The number of primary amides is 1. The van der Waals surface area contributed by atoms with Crippen molar-refractivity contribution in [3.05, 3.63) is 35.4 Å². The number of hydrogen-bond acceptors (Lipinski definition) is 4. The summed E-state index contributed by atoms with van der Waals surface area (Å²) in [5.74, 6) is -0.120. The van der Waals surface area contributed by atoms with E-state index < -0.39 is 17.6 Å². The molecule has 1 aromatic rings. The van der Waals surface area contributed by atoms with Crippen LogP contribution in [0.5, 0.6) is 0 Å². The van der Waals surface area contributed by atoms with E-state index in [1.54, 1.807) is 31.2 Å². The number of nitriles is 1. The predicted octanol–water partition coefficient (Wildman–Crippen LogP) is 1.47. The minimum Gasteiger partial charge on any atom is -0.387 e. The molecule has 0 saturated heterocycles. The van der Waals surface area contributed by atoms with Gasteiger partial charge in [-0.05, 0) is 37.0 Å². The number of aliphatic hydroxyl groups excluding tert-OH is 1. The molecule has 0 aliphatic carbocycles. The average Bonchev–Trinajstić information content (AvgIpc) is 2.44. The van der Waals surface area contributed by atoms with Crippen LogP contribution >= 0.6 is 0 Å². The van der Waals surface area contributed by atoms with Crippen LogP contribution in [0.1, 0.15) is 44.4 Å². The second-order valence-corrected chi connectivity index (χ2v) is 5.92. The zero-order chi connectivity index (χ0) is 16.0. The maximum Gasteiger partial charge on any atom is 0.237 e. The first kappa shape index (κ1) is 17.2. The largest absolute Gasteiger partial charge is 0.387 e. The summed E-state index contributed by atoms with van der Waals surface area (Å²) in [6, 6.07) is 8.74. The zero-order valence-corrected chi connectivity index (χ0v) is 12.8. The fourth-order valence-corrected chi connectivity index (χ4v) is 2.30. The first-order chi connectivity index (χ1) is 9.78. The summed E-state index contributed by atoms with van der Waals surface area (Å²) in [6.07, 6.45) is -0.161. The van der Waals surface area contributed by atoms with Gasteiger partial charge in [0.15, 0.2) is 0 Å². The van der Waals surface area contributed by atoms with Gasteiger partial charge < -0.3 is 16.2 Å². The molecule has 0 aliphatic heterocycles. The third-order valence-electron chi connectivity index (χ3n) is 3.47. The summed E-state index contributed by atoms with van der Waals surface area (Å²) in [6.45, 7) is 6.00. The Balaban J connectivity index is 2.70. The molecule has 5 nitrogen and oxygen atoms in total. The van der Waals surface area contributed by atoms with Crippen LogP contribution in [0.2, 0.25) is 0 Å². The highest BCUT2D eigenvalue weighted by molar-refractivity contribution is 5.84. The van der Waals surface area contributed by atoms with Crippen LogP contribution in [-0.2, 0) is 4.79 Å². The molecule has 5 heteroatoms. The quantitative estimate of drug-likeness (QED) is 0.707. The van der Waals surface area contributed by atoms with E-state index in [9.17, 15) is 9.90 Å². The molecule has 0 bridgehead atoms. The average molecular weight is 289 g/mol. The molecule has 0 radical (unpaired) electrons. The maximum atomic E-state index is 11.6. The van der Waals surface area contributed by atoms with Crippen molar-refractivity contribution < 1.29 is 9.90 Å². The number of nitrogens with one attached hydrogen (secondary N) is 1. The molecule has 114 valence electrons. The molecular formula is C16H23N3O2. The van der Waals surface area contributed by atoms with Crippen LogP contribution in [0.25, 0.3) is 0 Å². The lowest BCUT2D eigenvalue weighted by Gasteiger charge is -2.30. The third kappa shape index (κ3) is 4.85. The topological polar surface area (TPSA) is 99.1 Å². The van der Waals surface area contributed by atoms with E-state index >= 15 is 0 Å². The van der Waals surface area contributed by atoms with E-state index in [4.69, 9.17) is 11.0 Å². The van der Waals surface area contributed by atoms with Crippen molar-refractivity contribution in [1.82, 2.24) is 5.32 Å². The van der Waals surface area contributed by atoms with Crippen molar-refractivity contribution in [1.29, 1.82) is 5.26 Å². The number of carbonyl (C=O) groups is 1. The minimum atomic E-state index is -0.845. The SMILES string of the molecule is CC(C)CC(C)(NCC(O)c1ccc(C#N)cc1)C(N)=O. The molecule has 1 rings (SSSR count). The van der Waals surface area contributed by atoms with Crippen LogP contribution in [0, 0.1) is 17.2 Å². The predicted molar refractivity (Wildman–Crippen MR) is 81.2 cm³/mol. The van der Waals surface area contributed by atoms with E-state index in [0.29, 0.717) is 23.5 Å². The molecule has 1 aromatic carbocycles. The normalized spacial score (nSPS) is 15.2. The Morgan fingerprint density at radius 1 is 1.43 bits per heavy atom. The van der Waals surface area contributed by atoms with Crippen LogP contribution < -0.4 is 11.1 Å². The molecule has 0 saturated carbocycles. The Hall–Kier alpha value is -1.90. The number of hydrogen-bond donors (Lipinski definition) is 3. The lowest BCUT2D eigenvalue weighted by molar-refractivity contribution is -0.124. The van der Waals surface area contributed by atoms with Gasteiger partial charge in [-0.25, -0.2) is 0 Å². The first-order valence-electron chi connectivity index (χ1n) is 7.01. The summed E-state index contributed by atoms with van der Waals surface area (Å²) in [7, 11) is 0. The lowest BCUT2D eigenvalue weighted by atomic mass is 9.89. The summed E-state index contributed by atoms with van der Waals surface area (Å²) in [4.78, 5) is 11.6. The van der Waals surface area contributed by atoms with Gasteiger partial charge in [0, 0.05) is 6.54 Å². The minimum absolute atomic E-state index is 0.220. The fourth-order valence-electron chi connectivity index (χ4n) is 2.30. The Labute approximate surface area is 125 Å². The summed E-state index contributed by atoms with van der Waals surface area (Å²) in [5.41, 5.74) is 5.85. The Morgan fingerprint density at radius 2 is 2.00 bits per heavy atom. The van der Waals surface area contributed by atoms with Crippen molar-refractivity contribution in [3.8, 4) is 6.07 Å². The number of rotatable bonds is 7. The second kappa shape index (κ2) is 7.21. The lowest BCUT2D eigenvalue weighted by Crippen LogP contribution is -2.54. The molecule has 0 heterocycles. The molecular weight excluding hydrogens is 266 g/mol. The number of benzene rings is 1. The molecule has 2 atom stereocenters. The van der Waals surface area contributed by atoms with E-state index in [2.05, 4.69) is 5.32 Å². The van der Waals surface area contributed by atoms with E-state index in [0.717, 1.165) is 0 Å². The van der Waals surface area contributed by atoms with Crippen LogP contribution in [0.15, 0.2) is 24.3 Å². The molecule has 2 unspecified atom stereocenters. The van der Waals surface area contributed by atoms with Gasteiger partial charge in [0.2, 0.25) is 5.91 Å². The molecule has 0 fully saturated rings. The highest BCUT2D eigenvalue weighted by atomic mass is 16.3. The van der Waals surface area contributed by atoms with Gasteiger partial charge in [0.1, 0.15) is 0 Å². The van der Waals surface area contributed by atoms with Crippen molar-refractivity contribution in [2.24, 2.45) is 11.7 Å².